The summed E-state index contributed by atoms with van der Waals surface area (Å²) in [5, 5.41) is 11.6. The second-order valence-corrected chi connectivity index (χ2v) is 4.44. The SMILES string of the molecule is CCNC(=O)c1cccc(-c2ccc(F)c(C(=O)O)c2)c1. The minimum Gasteiger partial charge on any atom is -0.478 e. The van der Waals surface area contributed by atoms with Crippen LogP contribution in [-0.4, -0.2) is 23.5 Å². The van der Waals surface area contributed by atoms with Gasteiger partial charge in [0.25, 0.3) is 5.91 Å². The molecule has 2 rings (SSSR count). The van der Waals surface area contributed by atoms with E-state index in [1.807, 2.05) is 6.92 Å². The van der Waals surface area contributed by atoms with E-state index in [2.05, 4.69) is 5.32 Å². The van der Waals surface area contributed by atoms with Crippen molar-refractivity contribution in [2.75, 3.05) is 6.54 Å². The molecule has 2 N–H and O–H groups in total. The smallest absolute Gasteiger partial charge is 0.338 e. The van der Waals surface area contributed by atoms with Crippen molar-refractivity contribution in [2.24, 2.45) is 0 Å². The van der Waals surface area contributed by atoms with Gasteiger partial charge in [0, 0.05) is 12.1 Å². The van der Waals surface area contributed by atoms with E-state index in [1.54, 1.807) is 24.3 Å². The number of carboxylic acid groups (broad SMARTS) is 1. The average molecular weight is 287 g/mol. The molecule has 0 unspecified atom stereocenters. The van der Waals surface area contributed by atoms with Crippen molar-refractivity contribution in [1.82, 2.24) is 5.32 Å². The second-order valence-electron chi connectivity index (χ2n) is 4.44. The van der Waals surface area contributed by atoms with Gasteiger partial charge in [-0.15, -0.1) is 0 Å². The van der Waals surface area contributed by atoms with Crippen LogP contribution in [0.4, 0.5) is 4.39 Å². The van der Waals surface area contributed by atoms with E-state index in [4.69, 9.17) is 5.11 Å². The molecule has 0 aromatic heterocycles. The molecule has 108 valence electrons. The molecule has 1 amide bonds. The van der Waals surface area contributed by atoms with Gasteiger partial charge in [-0.05, 0) is 42.3 Å². The molecule has 4 nitrogen and oxygen atoms in total. The summed E-state index contributed by atoms with van der Waals surface area (Å²) in [5.41, 5.74) is 1.27. The summed E-state index contributed by atoms with van der Waals surface area (Å²) in [6.07, 6.45) is 0. The number of hydrogen-bond acceptors (Lipinski definition) is 2. The molecule has 0 saturated heterocycles. The van der Waals surface area contributed by atoms with Crippen LogP contribution in [0.5, 0.6) is 0 Å². The highest BCUT2D eigenvalue weighted by atomic mass is 19.1. The Morgan fingerprint density at radius 1 is 1.14 bits per heavy atom. The zero-order valence-electron chi connectivity index (χ0n) is 11.4. The van der Waals surface area contributed by atoms with Gasteiger partial charge in [-0.1, -0.05) is 18.2 Å². The van der Waals surface area contributed by atoms with Crippen LogP contribution < -0.4 is 5.32 Å². The molecule has 0 radical (unpaired) electrons. The van der Waals surface area contributed by atoms with Gasteiger partial charge in [-0.3, -0.25) is 4.79 Å². The lowest BCUT2D eigenvalue weighted by molar-refractivity contribution is 0.0691. The fourth-order valence-electron chi connectivity index (χ4n) is 1.97. The number of benzene rings is 2. The van der Waals surface area contributed by atoms with Crippen molar-refractivity contribution >= 4 is 11.9 Å². The summed E-state index contributed by atoms with van der Waals surface area (Å²) in [6.45, 7) is 2.34. The molecule has 21 heavy (non-hydrogen) atoms. The van der Waals surface area contributed by atoms with Crippen LogP contribution in [0.1, 0.15) is 27.6 Å². The zero-order chi connectivity index (χ0) is 15.4. The number of rotatable bonds is 4. The van der Waals surface area contributed by atoms with Crippen LogP contribution in [0.25, 0.3) is 11.1 Å². The fraction of sp³-hybridized carbons (Fsp3) is 0.125. The largest absolute Gasteiger partial charge is 0.478 e. The summed E-state index contributed by atoms with van der Waals surface area (Å²) in [7, 11) is 0. The van der Waals surface area contributed by atoms with Gasteiger partial charge in [0.1, 0.15) is 5.82 Å². The first kappa shape index (κ1) is 14.7. The van der Waals surface area contributed by atoms with E-state index in [1.165, 1.54) is 12.1 Å². The minimum absolute atomic E-state index is 0.208. The van der Waals surface area contributed by atoms with Crippen molar-refractivity contribution in [3.63, 3.8) is 0 Å². The Morgan fingerprint density at radius 2 is 1.86 bits per heavy atom. The Balaban J connectivity index is 2.43. The van der Waals surface area contributed by atoms with Crippen LogP contribution in [0.3, 0.4) is 0 Å². The predicted octanol–water partition coefficient (Wildman–Crippen LogP) is 2.94. The lowest BCUT2D eigenvalue weighted by atomic mass is 10.0. The van der Waals surface area contributed by atoms with Crippen LogP contribution in [-0.2, 0) is 0 Å². The van der Waals surface area contributed by atoms with Crippen molar-refractivity contribution in [3.05, 3.63) is 59.4 Å². The second kappa shape index (κ2) is 6.17. The number of halogens is 1. The van der Waals surface area contributed by atoms with E-state index in [0.29, 0.717) is 23.2 Å². The first-order valence-electron chi connectivity index (χ1n) is 6.44. The summed E-state index contributed by atoms with van der Waals surface area (Å²) < 4.78 is 13.4. The molecule has 0 spiro atoms. The molecule has 2 aromatic rings. The van der Waals surface area contributed by atoms with E-state index in [-0.39, 0.29) is 5.91 Å². The number of carboxylic acids is 1. The molecule has 0 atom stereocenters. The summed E-state index contributed by atoms with van der Waals surface area (Å²) in [4.78, 5) is 22.8. The van der Waals surface area contributed by atoms with E-state index >= 15 is 0 Å². The predicted molar refractivity (Wildman–Crippen MR) is 76.8 cm³/mol. The fourth-order valence-corrected chi connectivity index (χ4v) is 1.97. The number of hydrogen-bond donors (Lipinski definition) is 2. The average Bonchev–Trinajstić information content (AvgIpc) is 2.48. The van der Waals surface area contributed by atoms with E-state index < -0.39 is 17.3 Å². The lowest BCUT2D eigenvalue weighted by Gasteiger charge is -2.07. The first-order valence-corrected chi connectivity index (χ1v) is 6.44. The Kier molecular flexibility index (Phi) is 4.33. The molecule has 0 bridgehead atoms. The molecular formula is C16H14FNO3. The number of aromatic carboxylic acids is 1. The third kappa shape index (κ3) is 3.25. The van der Waals surface area contributed by atoms with Crippen molar-refractivity contribution < 1.29 is 19.1 Å². The molecule has 0 heterocycles. The van der Waals surface area contributed by atoms with Crippen LogP contribution >= 0.6 is 0 Å². The molecule has 0 aliphatic rings. The maximum atomic E-state index is 13.4. The highest BCUT2D eigenvalue weighted by Crippen LogP contribution is 2.23. The number of carbonyl (C=O) groups excluding carboxylic acids is 1. The molecule has 0 saturated carbocycles. The topological polar surface area (TPSA) is 66.4 Å². The van der Waals surface area contributed by atoms with Gasteiger partial charge in [0.2, 0.25) is 0 Å². The Morgan fingerprint density at radius 3 is 2.52 bits per heavy atom. The standard InChI is InChI=1S/C16H14FNO3/c1-2-18-15(19)12-5-3-4-10(8-12)11-6-7-14(17)13(9-11)16(20)21/h3-9H,2H2,1H3,(H,18,19)(H,20,21). The van der Waals surface area contributed by atoms with E-state index in [0.717, 1.165) is 6.07 Å². The quantitative estimate of drug-likeness (QED) is 0.908. The Hall–Kier alpha value is -2.69. The van der Waals surface area contributed by atoms with Crippen molar-refractivity contribution in [1.29, 1.82) is 0 Å². The minimum atomic E-state index is -1.32. The maximum absolute atomic E-state index is 13.4. The Bertz CT molecular complexity index is 698. The van der Waals surface area contributed by atoms with Gasteiger partial charge < -0.3 is 10.4 Å². The third-order valence-corrected chi connectivity index (χ3v) is 2.99. The normalized spacial score (nSPS) is 10.2. The van der Waals surface area contributed by atoms with Crippen LogP contribution in [0, 0.1) is 5.82 Å². The zero-order valence-corrected chi connectivity index (χ0v) is 11.4. The lowest BCUT2D eigenvalue weighted by Crippen LogP contribution is -2.22. The van der Waals surface area contributed by atoms with Gasteiger partial charge in [-0.25, -0.2) is 9.18 Å². The van der Waals surface area contributed by atoms with Gasteiger partial charge in [-0.2, -0.15) is 0 Å². The molecule has 0 aliphatic carbocycles. The summed E-state index contributed by atoms with van der Waals surface area (Å²) >= 11 is 0. The molecule has 5 heteroatoms. The number of carbonyl (C=O) groups is 2. The highest BCUT2D eigenvalue weighted by molar-refractivity contribution is 5.95. The van der Waals surface area contributed by atoms with Crippen LogP contribution in [0.15, 0.2) is 42.5 Å². The Labute approximate surface area is 121 Å². The third-order valence-electron chi connectivity index (χ3n) is 2.99. The van der Waals surface area contributed by atoms with Gasteiger partial charge >= 0.3 is 5.97 Å². The summed E-state index contributed by atoms with van der Waals surface area (Å²) in [6, 6.07) is 10.6. The highest BCUT2D eigenvalue weighted by Gasteiger charge is 2.12. The summed E-state index contributed by atoms with van der Waals surface area (Å²) in [5.74, 6) is -2.32. The maximum Gasteiger partial charge on any atom is 0.338 e. The first-order chi connectivity index (χ1) is 10.0. The molecule has 2 aromatic carbocycles. The molecular weight excluding hydrogens is 273 g/mol. The van der Waals surface area contributed by atoms with E-state index in [9.17, 15) is 14.0 Å². The number of amides is 1. The van der Waals surface area contributed by atoms with Crippen molar-refractivity contribution in [2.45, 2.75) is 6.92 Å². The number of nitrogens with one attached hydrogen (secondary N) is 1. The van der Waals surface area contributed by atoms with Gasteiger partial charge in [0.05, 0.1) is 5.56 Å². The molecule has 0 aliphatic heterocycles. The van der Waals surface area contributed by atoms with Crippen molar-refractivity contribution in [3.8, 4) is 11.1 Å². The molecule has 0 fully saturated rings. The monoisotopic (exact) mass is 287 g/mol. The van der Waals surface area contributed by atoms with Crippen LogP contribution in [0.2, 0.25) is 0 Å². The van der Waals surface area contributed by atoms with Gasteiger partial charge in [0.15, 0.2) is 0 Å².